The first-order valence-electron chi connectivity index (χ1n) is 8.08. The van der Waals surface area contributed by atoms with Gasteiger partial charge < -0.3 is 9.26 Å². The summed E-state index contributed by atoms with van der Waals surface area (Å²) < 4.78 is 25.2. The number of alkyl halides is 1. The number of hydrogen-bond donors (Lipinski definition) is 0. The Morgan fingerprint density at radius 2 is 2.29 bits per heavy atom. The summed E-state index contributed by atoms with van der Waals surface area (Å²) >= 11 is 0. The van der Waals surface area contributed by atoms with Crippen LogP contribution in [-0.2, 0) is 11.2 Å². The number of likely N-dealkylation sites (tertiary alicyclic amines) is 1. The molecule has 2 fully saturated rings. The molecule has 3 rings (SSSR count). The van der Waals surface area contributed by atoms with Gasteiger partial charge in [0.15, 0.2) is 12.1 Å². The molecule has 0 radical (unpaired) electrons. The highest BCUT2D eigenvalue weighted by Crippen LogP contribution is 2.31. The van der Waals surface area contributed by atoms with Crippen molar-refractivity contribution in [3.05, 3.63) is 11.7 Å². The molecule has 3 atom stereocenters. The van der Waals surface area contributed by atoms with E-state index in [1.807, 2.05) is 11.8 Å². The molecule has 0 aromatic carbocycles. The summed E-state index contributed by atoms with van der Waals surface area (Å²) in [5.74, 6) is 1.38. The lowest BCUT2D eigenvalue weighted by Crippen LogP contribution is -2.40. The van der Waals surface area contributed by atoms with E-state index >= 15 is 0 Å². The molecule has 1 aromatic heterocycles. The smallest absolute Gasteiger partial charge is 0.229 e. The van der Waals surface area contributed by atoms with E-state index in [-0.39, 0.29) is 5.92 Å². The monoisotopic (exact) mass is 297 g/mol. The largest absolute Gasteiger partial charge is 0.378 e. The SMILES string of the molecule is CCc1noc(C2CCN(CCC3CCCO3)C(F)C2)n1. The Kier molecular flexibility index (Phi) is 4.85. The van der Waals surface area contributed by atoms with Crippen molar-refractivity contribution >= 4 is 0 Å². The van der Waals surface area contributed by atoms with Crippen LogP contribution >= 0.6 is 0 Å². The Bertz CT molecular complexity index is 448. The van der Waals surface area contributed by atoms with E-state index in [4.69, 9.17) is 9.26 Å². The molecule has 2 aliphatic rings. The Labute approximate surface area is 124 Å². The maximum absolute atomic E-state index is 14.3. The number of hydrogen-bond acceptors (Lipinski definition) is 5. The van der Waals surface area contributed by atoms with E-state index in [1.54, 1.807) is 0 Å². The molecule has 0 bridgehead atoms. The van der Waals surface area contributed by atoms with Gasteiger partial charge in [-0.2, -0.15) is 4.98 Å². The van der Waals surface area contributed by atoms with Gasteiger partial charge in [0.25, 0.3) is 0 Å². The molecule has 118 valence electrons. The van der Waals surface area contributed by atoms with E-state index in [1.165, 1.54) is 0 Å². The molecule has 0 N–H and O–H groups in total. The summed E-state index contributed by atoms with van der Waals surface area (Å²) in [6.45, 7) is 4.38. The molecule has 3 heterocycles. The summed E-state index contributed by atoms with van der Waals surface area (Å²) in [6.07, 6.45) is 4.71. The molecule has 6 heteroatoms. The van der Waals surface area contributed by atoms with Gasteiger partial charge in [-0.25, -0.2) is 4.39 Å². The lowest BCUT2D eigenvalue weighted by molar-refractivity contribution is 0.0157. The molecule has 0 saturated carbocycles. The summed E-state index contributed by atoms with van der Waals surface area (Å²) in [5, 5.41) is 3.90. The van der Waals surface area contributed by atoms with Crippen molar-refractivity contribution in [3.63, 3.8) is 0 Å². The first-order valence-corrected chi connectivity index (χ1v) is 8.08. The van der Waals surface area contributed by atoms with Crippen LogP contribution in [0.2, 0.25) is 0 Å². The van der Waals surface area contributed by atoms with Gasteiger partial charge in [0.05, 0.1) is 6.10 Å². The van der Waals surface area contributed by atoms with Crippen molar-refractivity contribution in [1.82, 2.24) is 15.0 Å². The fourth-order valence-electron chi connectivity index (χ4n) is 3.20. The van der Waals surface area contributed by atoms with Crippen molar-refractivity contribution in [3.8, 4) is 0 Å². The van der Waals surface area contributed by atoms with Crippen LogP contribution in [0.1, 0.15) is 56.7 Å². The minimum atomic E-state index is -0.915. The number of piperidine rings is 1. The number of halogens is 1. The van der Waals surface area contributed by atoms with Crippen molar-refractivity contribution in [2.75, 3.05) is 19.7 Å². The van der Waals surface area contributed by atoms with Gasteiger partial charge in [0, 0.05) is 38.5 Å². The van der Waals surface area contributed by atoms with Gasteiger partial charge >= 0.3 is 0 Å². The second-order valence-electron chi connectivity index (χ2n) is 6.02. The van der Waals surface area contributed by atoms with Crippen LogP contribution in [0, 0.1) is 0 Å². The van der Waals surface area contributed by atoms with Gasteiger partial charge in [-0.1, -0.05) is 12.1 Å². The highest BCUT2D eigenvalue weighted by Gasteiger charge is 2.32. The van der Waals surface area contributed by atoms with Crippen LogP contribution in [0.4, 0.5) is 4.39 Å². The average Bonchev–Trinajstić information content (AvgIpc) is 3.17. The molecule has 0 aliphatic carbocycles. The van der Waals surface area contributed by atoms with Crippen LogP contribution in [0.15, 0.2) is 4.52 Å². The predicted octanol–water partition coefficient (Wildman–Crippen LogP) is 2.68. The molecule has 2 saturated heterocycles. The number of nitrogens with zero attached hydrogens (tertiary/aromatic N) is 3. The minimum absolute atomic E-state index is 0.0618. The van der Waals surface area contributed by atoms with Gasteiger partial charge in [-0.3, -0.25) is 4.90 Å². The lowest BCUT2D eigenvalue weighted by atomic mass is 9.95. The molecule has 21 heavy (non-hydrogen) atoms. The number of aromatic nitrogens is 2. The van der Waals surface area contributed by atoms with Crippen LogP contribution in [0.5, 0.6) is 0 Å². The summed E-state index contributed by atoms with van der Waals surface area (Å²) in [6, 6.07) is 0. The van der Waals surface area contributed by atoms with Crippen LogP contribution in [0.3, 0.4) is 0 Å². The number of aryl methyl sites for hydroxylation is 1. The zero-order chi connectivity index (χ0) is 14.7. The Morgan fingerprint density at radius 3 is 2.95 bits per heavy atom. The normalized spacial score (nSPS) is 30.9. The van der Waals surface area contributed by atoms with Gasteiger partial charge in [-0.05, 0) is 25.7 Å². The topological polar surface area (TPSA) is 51.4 Å². The fraction of sp³-hybridized carbons (Fsp3) is 0.867. The minimum Gasteiger partial charge on any atom is -0.378 e. The van der Waals surface area contributed by atoms with Gasteiger partial charge in [0.1, 0.15) is 0 Å². The Hall–Kier alpha value is -1.01. The summed E-state index contributed by atoms with van der Waals surface area (Å²) in [4.78, 5) is 6.26. The third kappa shape index (κ3) is 3.61. The van der Waals surface area contributed by atoms with E-state index in [0.717, 1.165) is 51.8 Å². The highest BCUT2D eigenvalue weighted by molar-refractivity contribution is 4.97. The number of rotatable bonds is 5. The third-order valence-electron chi connectivity index (χ3n) is 4.55. The maximum Gasteiger partial charge on any atom is 0.229 e. The van der Waals surface area contributed by atoms with Crippen molar-refractivity contribution in [1.29, 1.82) is 0 Å². The Balaban J connectivity index is 1.49. The molecule has 1 aromatic rings. The predicted molar refractivity (Wildman–Crippen MR) is 75.7 cm³/mol. The Morgan fingerprint density at radius 1 is 1.38 bits per heavy atom. The molecular formula is C15H24FN3O2. The van der Waals surface area contributed by atoms with E-state index in [2.05, 4.69) is 10.1 Å². The summed E-state index contributed by atoms with van der Waals surface area (Å²) in [7, 11) is 0. The van der Waals surface area contributed by atoms with Crippen LogP contribution in [0.25, 0.3) is 0 Å². The fourth-order valence-corrected chi connectivity index (χ4v) is 3.20. The first-order chi connectivity index (χ1) is 10.3. The van der Waals surface area contributed by atoms with E-state index in [9.17, 15) is 4.39 Å². The molecule has 2 aliphatic heterocycles. The summed E-state index contributed by atoms with van der Waals surface area (Å²) in [5.41, 5.74) is 0. The van der Waals surface area contributed by atoms with E-state index < -0.39 is 6.30 Å². The van der Waals surface area contributed by atoms with Crippen LogP contribution in [-0.4, -0.2) is 47.1 Å². The number of ether oxygens (including phenoxy) is 1. The van der Waals surface area contributed by atoms with Gasteiger partial charge in [-0.15, -0.1) is 0 Å². The first kappa shape index (κ1) is 14.9. The molecule has 0 spiro atoms. The quantitative estimate of drug-likeness (QED) is 0.782. The lowest BCUT2D eigenvalue weighted by Gasteiger charge is -2.34. The zero-order valence-electron chi connectivity index (χ0n) is 12.6. The molecule has 3 unspecified atom stereocenters. The van der Waals surface area contributed by atoms with E-state index in [0.29, 0.717) is 24.2 Å². The third-order valence-corrected chi connectivity index (χ3v) is 4.55. The van der Waals surface area contributed by atoms with Crippen molar-refractivity contribution in [2.24, 2.45) is 0 Å². The standard InChI is InChI=1S/C15H24FN3O2/c1-2-14-17-15(21-18-14)11-5-7-19(13(16)10-11)8-6-12-4-3-9-20-12/h11-13H,2-10H2,1H3. The second kappa shape index (κ2) is 6.83. The molecule has 0 amide bonds. The van der Waals surface area contributed by atoms with Crippen LogP contribution < -0.4 is 0 Å². The molecule has 5 nitrogen and oxygen atoms in total. The average molecular weight is 297 g/mol. The van der Waals surface area contributed by atoms with Crippen molar-refractivity contribution in [2.45, 2.75) is 63.8 Å². The highest BCUT2D eigenvalue weighted by atomic mass is 19.1. The van der Waals surface area contributed by atoms with Gasteiger partial charge in [0.2, 0.25) is 5.89 Å². The zero-order valence-corrected chi connectivity index (χ0v) is 12.6. The second-order valence-corrected chi connectivity index (χ2v) is 6.02. The molecular weight excluding hydrogens is 273 g/mol. The van der Waals surface area contributed by atoms with Crippen molar-refractivity contribution < 1.29 is 13.7 Å². The maximum atomic E-state index is 14.3.